The van der Waals surface area contributed by atoms with E-state index in [0.29, 0.717) is 34.0 Å². The molecule has 3 rings (SSSR count). The Morgan fingerprint density at radius 2 is 1.65 bits per heavy atom. The van der Waals surface area contributed by atoms with Gasteiger partial charge in [-0.2, -0.15) is 0 Å². The molecule has 0 amide bonds. The van der Waals surface area contributed by atoms with Gasteiger partial charge >= 0.3 is 0 Å². The standard InChI is InChI=1S/C21H18Cl3NO/c1-14-5-7-19(8-6-14)25-12-16-10-18(23)11-20(24)21(16)26-13-15-3-2-4-17(22)9-15/h2-11,25H,12-13H2,1H3. The molecular formula is C21H18Cl3NO. The van der Waals surface area contributed by atoms with Crippen molar-refractivity contribution in [3.63, 3.8) is 0 Å². The van der Waals surface area contributed by atoms with Crippen molar-refractivity contribution in [2.24, 2.45) is 0 Å². The van der Waals surface area contributed by atoms with Crippen molar-refractivity contribution in [3.05, 3.63) is 92.4 Å². The minimum atomic E-state index is 0.374. The summed E-state index contributed by atoms with van der Waals surface area (Å²) in [5, 5.41) is 5.11. The van der Waals surface area contributed by atoms with Crippen LogP contribution in [0.5, 0.6) is 5.75 Å². The summed E-state index contributed by atoms with van der Waals surface area (Å²) < 4.78 is 5.98. The van der Waals surface area contributed by atoms with Crippen LogP contribution in [0.4, 0.5) is 5.69 Å². The van der Waals surface area contributed by atoms with Crippen molar-refractivity contribution in [2.75, 3.05) is 5.32 Å². The molecule has 0 unspecified atom stereocenters. The van der Waals surface area contributed by atoms with Gasteiger partial charge in [0.2, 0.25) is 0 Å². The van der Waals surface area contributed by atoms with Gasteiger partial charge in [-0.25, -0.2) is 0 Å². The molecule has 0 fully saturated rings. The molecule has 0 heterocycles. The first kappa shape index (κ1) is 18.9. The lowest BCUT2D eigenvalue weighted by Gasteiger charge is -2.15. The van der Waals surface area contributed by atoms with E-state index < -0.39 is 0 Å². The lowest BCUT2D eigenvalue weighted by molar-refractivity contribution is 0.303. The van der Waals surface area contributed by atoms with Gasteiger partial charge < -0.3 is 10.1 Å². The predicted molar refractivity (Wildman–Crippen MR) is 111 cm³/mol. The molecule has 3 aromatic rings. The highest BCUT2D eigenvalue weighted by molar-refractivity contribution is 6.35. The highest BCUT2D eigenvalue weighted by Crippen LogP contribution is 2.33. The van der Waals surface area contributed by atoms with Gasteiger partial charge in [0.25, 0.3) is 0 Å². The van der Waals surface area contributed by atoms with Crippen LogP contribution in [0, 0.1) is 6.92 Å². The molecule has 0 saturated carbocycles. The van der Waals surface area contributed by atoms with Crippen LogP contribution in [-0.2, 0) is 13.2 Å². The summed E-state index contributed by atoms with van der Waals surface area (Å²) in [7, 11) is 0. The molecule has 0 atom stereocenters. The molecule has 2 nitrogen and oxygen atoms in total. The number of anilines is 1. The van der Waals surface area contributed by atoms with Crippen molar-refractivity contribution in [3.8, 4) is 5.75 Å². The van der Waals surface area contributed by atoms with Crippen molar-refractivity contribution < 1.29 is 4.74 Å². The maximum atomic E-state index is 6.37. The Morgan fingerprint density at radius 1 is 0.885 bits per heavy atom. The SMILES string of the molecule is Cc1ccc(NCc2cc(Cl)cc(Cl)c2OCc2cccc(Cl)c2)cc1. The van der Waals surface area contributed by atoms with Crippen LogP contribution in [-0.4, -0.2) is 0 Å². The zero-order chi connectivity index (χ0) is 18.5. The normalized spacial score (nSPS) is 10.6. The van der Waals surface area contributed by atoms with E-state index >= 15 is 0 Å². The Morgan fingerprint density at radius 3 is 2.38 bits per heavy atom. The van der Waals surface area contributed by atoms with Gasteiger partial charge in [-0.05, 0) is 48.9 Å². The van der Waals surface area contributed by atoms with Gasteiger partial charge in [0, 0.05) is 27.8 Å². The fourth-order valence-electron chi connectivity index (χ4n) is 2.56. The number of rotatable bonds is 6. The molecule has 0 aromatic heterocycles. The number of hydrogen-bond acceptors (Lipinski definition) is 2. The van der Waals surface area contributed by atoms with Crippen LogP contribution in [0.25, 0.3) is 0 Å². The van der Waals surface area contributed by atoms with Crippen LogP contribution in [0.15, 0.2) is 60.7 Å². The average Bonchev–Trinajstić information content (AvgIpc) is 2.60. The number of hydrogen-bond donors (Lipinski definition) is 1. The van der Waals surface area contributed by atoms with E-state index in [0.717, 1.165) is 16.8 Å². The fraction of sp³-hybridized carbons (Fsp3) is 0.143. The molecule has 26 heavy (non-hydrogen) atoms. The van der Waals surface area contributed by atoms with Gasteiger partial charge in [0.1, 0.15) is 12.4 Å². The van der Waals surface area contributed by atoms with Crippen LogP contribution in [0.3, 0.4) is 0 Å². The van der Waals surface area contributed by atoms with E-state index in [4.69, 9.17) is 39.5 Å². The van der Waals surface area contributed by atoms with Gasteiger partial charge in [-0.15, -0.1) is 0 Å². The molecule has 0 aliphatic heterocycles. The molecular weight excluding hydrogens is 389 g/mol. The number of halogens is 3. The number of ether oxygens (including phenoxy) is 1. The average molecular weight is 407 g/mol. The van der Waals surface area contributed by atoms with Crippen LogP contribution in [0.1, 0.15) is 16.7 Å². The Kier molecular flexibility index (Phi) is 6.31. The third kappa shape index (κ3) is 5.07. The van der Waals surface area contributed by atoms with Crippen molar-refractivity contribution in [1.82, 2.24) is 0 Å². The largest absolute Gasteiger partial charge is 0.487 e. The third-order valence-corrected chi connectivity index (χ3v) is 4.63. The first-order chi connectivity index (χ1) is 12.5. The Balaban J connectivity index is 1.76. The zero-order valence-electron chi connectivity index (χ0n) is 14.2. The highest BCUT2D eigenvalue weighted by atomic mass is 35.5. The second kappa shape index (κ2) is 8.68. The van der Waals surface area contributed by atoms with Gasteiger partial charge in [-0.1, -0.05) is 64.6 Å². The first-order valence-corrected chi connectivity index (χ1v) is 9.30. The molecule has 0 radical (unpaired) electrons. The third-order valence-electron chi connectivity index (χ3n) is 3.89. The monoisotopic (exact) mass is 405 g/mol. The Hall–Kier alpha value is -1.87. The summed E-state index contributed by atoms with van der Waals surface area (Å²) in [6, 6.07) is 19.3. The number of benzene rings is 3. The number of nitrogens with one attached hydrogen (secondary N) is 1. The number of aryl methyl sites for hydroxylation is 1. The summed E-state index contributed by atoms with van der Waals surface area (Å²) in [5.74, 6) is 0.621. The van der Waals surface area contributed by atoms with Crippen molar-refractivity contribution >= 4 is 40.5 Å². The molecule has 3 aromatic carbocycles. The first-order valence-electron chi connectivity index (χ1n) is 8.17. The maximum Gasteiger partial charge on any atom is 0.143 e. The van der Waals surface area contributed by atoms with Crippen LogP contribution >= 0.6 is 34.8 Å². The lowest BCUT2D eigenvalue weighted by atomic mass is 10.1. The van der Waals surface area contributed by atoms with E-state index in [1.54, 1.807) is 6.07 Å². The van der Waals surface area contributed by atoms with E-state index in [1.165, 1.54) is 5.56 Å². The molecule has 0 aliphatic rings. The summed E-state index contributed by atoms with van der Waals surface area (Å²) >= 11 is 18.6. The fourth-order valence-corrected chi connectivity index (χ4v) is 3.36. The van der Waals surface area contributed by atoms with E-state index in [-0.39, 0.29) is 0 Å². The molecule has 0 saturated heterocycles. The lowest BCUT2D eigenvalue weighted by Crippen LogP contribution is -2.04. The summed E-state index contributed by atoms with van der Waals surface area (Å²) in [6.07, 6.45) is 0. The molecule has 5 heteroatoms. The minimum Gasteiger partial charge on any atom is -0.487 e. The Labute approximate surface area is 168 Å². The second-order valence-electron chi connectivity index (χ2n) is 6.01. The molecule has 134 valence electrons. The van der Waals surface area contributed by atoms with Crippen molar-refractivity contribution in [1.29, 1.82) is 0 Å². The molecule has 1 N–H and O–H groups in total. The quantitative estimate of drug-likeness (QED) is 0.469. The van der Waals surface area contributed by atoms with E-state index in [9.17, 15) is 0 Å². The highest BCUT2D eigenvalue weighted by Gasteiger charge is 2.11. The van der Waals surface area contributed by atoms with Gasteiger partial charge in [-0.3, -0.25) is 0 Å². The summed E-state index contributed by atoms with van der Waals surface area (Å²) in [5.41, 5.74) is 4.10. The van der Waals surface area contributed by atoms with Crippen molar-refractivity contribution in [2.45, 2.75) is 20.1 Å². The van der Waals surface area contributed by atoms with E-state index in [1.807, 2.05) is 42.5 Å². The van der Waals surface area contributed by atoms with Gasteiger partial charge in [0.15, 0.2) is 0 Å². The predicted octanol–water partition coefficient (Wildman–Crippen LogP) is 7.15. The summed E-state index contributed by atoms with van der Waals surface area (Å²) in [6.45, 7) is 2.98. The zero-order valence-corrected chi connectivity index (χ0v) is 16.5. The van der Waals surface area contributed by atoms with Crippen LogP contribution < -0.4 is 10.1 Å². The molecule has 0 spiro atoms. The topological polar surface area (TPSA) is 21.3 Å². The smallest absolute Gasteiger partial charge is 0.143 e. The molecule has 0 aliphatic carbocycles. The van der Waals surface area contributed by atoms with E-state index in [2.05, 4.69) is 24.4 Å². The van der Waals surface area contributed by atoms with Crippen LogP contribution in [0.2, 0.25) is 15.1 Å². The Bertz CT molecular complexity index is 894. The maximum absolute atomic E-state index is 6.37. The van der Waals surface area contributed by atoms with Gasteiger partial charge in [0.05, 0.1) is 5.02 Å². The summed E-state index contributed by atoms with van der Waals surface area (Å²) in [4.78, 5) is 0. The molecule has 0 bridgehead atoms. The minimum absolute atomic E-state index is 0.374. The second-order valence-corrected chi connectivity index (χ2v) is 7.29.